The normalized spacial score (nSPS) is 14.6. The average Bonchev–Trinajstić information content (AvgIpc) is 2.35. The van der Waals surface area contributed by atoms with Gasteiger partial charge in [-0.3, -0.25) is 0 Å². The number of nitrogens with zero attached hydrogens (tertiary/aromatic N) is 2. The van der Waals surface area contributed by atoms with E-state index in [1.54, 1.807) is 0 Å². The molecule has 96 valence electrons. The Kier molecular flexibility index (Phi) is 5.56. The number of hydrogen-bond donors (Lipinski definition) is 1. The number of hydrogen-bond acceptors (Lipinski definition) is 3. The van der Waals surface area contributed by atoms with Gasteiger partial charge in [0.15, 0.2) is 0 Å². The predicted molar refractivity (Wildman–Crippen MR) is 72.0 cm³/mol. The van der Waals surface area contributed by atoms with Crippen LogP contribution in [0.25, 0.3) is 0 Å². The zero-order valence-corrected chi connectivity index (χ0v) is 11.7. The van der Waals surface area contributed by atoms with Gasteiger partial charge in [0.25, 0.3) is 0 Å². The number of aryl methyl sites for hydroxylation is 2. The van der Waals surface area contributed by atoms with Gasteiger partial charge in [0, 0.05) is 6.04 Å². The van der Waals surface area contributed by atoms with Crippen molar-refractivity contribution in [1.82, 2.24) is 15.5 Å². The van der Waals surface area contributed by atoms with Gasteiger partial charge in [0.2, 0.25) is 0 Å². The summed E-state index contributed by atoms with van der Waals surface area (Å²) in [5.41, 5.74) is 3.46. The topological polar surface area (TPSA) is 37.8 Å². The van der Waals surface area contributed by atoms with Crippen molar-refractivity contribution in [1.29, 1.82) is 0 Å². The van der Waals surface area contributed by atoms with Gasteiger partial charge in [-0.1, -0.05) is 34.1 Å². The van der Waals surface area contributed by atoms with Crippen molar-refractivity contribution in [3.8, 4) is 0 Å². The second-order valence-corrected chi connectivity index (χ2v) is 4.66. The second-order valence-electron chi connectivity index (χ2n) is 4.66. The maximum absolute atomic E-state index is 4.33. The first-order valence-corrected chi connectivity index (χ1v) is 6.70. The van der Waals surface area contributed by atoms with Gasteiger partial charge in [0.1, 0.15) is 0 Å². The van der Waals surface area contributed by atoms with Crippen LogP contribution < -0.4 is 5.32 Å². The van der Waals surface area contributed by atoms with Crippen LogP contribution in [0.1, 0.15) is 57.1 Å². The lowest BCUT2D eigenvalue weighted by Gasteiger charge is -2.26. The lowest BCUT2D eigenvalue weighted by molar-refractivity contribution is 0.380. The molecule has 1 aromatic rings. The van der Waals surface area contributed by atoms with Crippen LogP contribution in [0.3, 0.4) is 0 Å². The zero-order chi connectivity index (χ0) is 12.8. The Labute approximate surface area is 105 Å². The summed E-state index contributed by atoms with van der Waals surface area (Å²) in [7, 11) is 0. The van der Waals surface area contributed by atoms with Crippen LogP contribution in [0.4, 0.5) is 0 Å². The predicted octanol–water partition coefficient (Wildman–Crippen LogP) is 3.04. The first-order chi connectivity index (χ1) is 8.13. The summed E-state index contributed by atoms with van der Waals surface area (Å²) in [5.74, 6) is 0.615. The Bertz CT molecular complexity index is 349. The molecule has 0 aliphatic carbocycles. The van der Waals surface area contributed by atoms with E-state index in [4.69, 9.17) is 0 Å². The highest BCUT2D eigenvalue weighted by molar-refractivity contribution is 5.25. The molecule has 0 amide bonds. The summed E-state index contributed by atoms with van der Waals surface area (Å²) in [6.07, 6.45) is 2.11. The molecule has 0 saturated heterocycles. The first kappa shape index (κ1) is 14.1. The molecule has 2 unspecified atom stereocenters. The Morgan fingerprint density at radius 3 is 2.47 bits per heavy atom. The van der Waals surface area contributed by atoms with Gasteiger partial charge in [-0.15, -0.1) is 0 Å². The van der Waals surface area contributed by atoms with Crippen LogP contribution in [0.5, 0.6) is 0 Å². The van der Waals surface area contributed by atoms with Crippen molar-refractivity contribution >= 4 is 0 Å². The van der Waals surface area contributed by atoms with Gasteiger partial charge in [-0.25, -0.2) is 0 Å². The minimum atomic E-state index is 0.397. The summed E-state index contributed by atoms with van der Waals surface area (Å²) in [4.78, 5) is 0. The smallest absolute Gasteiger partial charge is 0.0676 e. The third-order valence-electron chi connectivity index (χ3n) is 3.33. The largest absolute Gasteiger partial charge is 0.310 e. The summed E-state index contributed by atoms with van der Waals surface area (Å²) in [5, 5.41) is 12.1. The van der Waals surface area contributed by atoms with Crippen molar-refractivity contribution in [3.63, 3.8) is 0 Å². The maximum atomic E-state index is 4.33. The van der Waals surface area contributed by atoms with Gasteiger partial charge in [-0.2, -0.15) is 10.2 Å². The van der Waals surface area contributed by atoms with Gasteiger partial charge in [-0.05, 0) is 37.4 Å². The number of rotatable bonds is 6. The lowest BCUT2D eigenvalue weighted by Crippen LogP contribution is -2.28. The minimum Gasteiger partial charge on any atom is -0.310 e. The standard InChI is InChI=1S/C14H25N3/c1-6-10(4)14(15-8-3)12-9-11(5)16-17-13(12)7-2/h9-10,14-15H,6-8H2,1-5H3. The third-order valence-corrected chi connectivity index (χ3v) is 3.33. The summed E-state index contributed by atoms with van der Waals surface area (Å²) < 4.78 is 0. The molecule has 17 heavy (non-hydrogen) atoms. The fourth-order valence-electron chi connectivity index (χ4n) is 2.15. The van der Waals surface area contributed by atoms with E-state index >= 15 is 0 Å². The van der Waals surface area contributed by atoms with Crippen molar-refractivity contribution in [3.05, 3.63) is 23.0 Å². The molecule has 0 saturated carbocycles. The molecule has 3 nitrogen and oxygen atoms in total. The van der Waals surface area contributed by atoms with Crippen molar-refractivity contribution in [2.75, 3.05) is 6.54 Å². The second kappa shape index (κ2) is 6.70. The fraction of sp³-hybridized carbons (Fsp3) is 0.714. The maximum Gasteiger partial charge on any atom is 0.0676 e. The summed E-state index contributed by atoms with van der Waals surface area (Å²) in [6, 6.07) is 2.58. The highest BCUT2D eigenvalue weighted by Gasteiger charge is 2.20. The summed E-state index contributed by atoms with van der Waals surface area (Å²) >= 11 is 0. The van der Waals surface area contributed by atoms with Crippen LogP contribution in [-0.2, 0) is 6.42 Å². The lowest BCUT2D eigenvalue weighted by atomic mass is 9.90. The molecule has 0 radical (unpaired) electrons. The van der Waals surface area contributed by atoms with Crippen LogP contribution in [0, 0.1) is 12.8 Å². The molecule has 0 aromatic carbocycles. The Morgan fingerprint density at radius 2 is 1.94 bits per heavy atom. The SMILES string of the molecule is CCNC(c1cc(C)nnc1CC)C(C)CC. The monoisotopic (exact) mass is 235 g/mol. The van der Waals surface area contributed by atoms with E-state index in [1.807, 2.05) is 6.92 Å². The molecule has 0 aliphatic rings. The first-order valence-electron chi connectivity index (χ1n) is 6.70. The van der Waals surface area contributed by atoms with E-state index in [0.29, 0.717) is 12.0 Å². The number of nitrogens with one attached hydrogen (secondary N) is 1. The fourth-order valence-corrected chi connectivity index (χ4v) is 2.15. The van der Waals surface area contributed by atoms with Crippen LogP contribution in [0.15, 0.2) is 6.07 Å². The molecule has 2 atom stereocenters. The Morgan fingerprint density at radius 1 is 1.24 bits per heavy atom. The van der Waals surface area contributed by atoms with Crippen LogP contribution in [-0.4, -0.2) is 16.7 Å². The highest BCUT2D eigenvalue weighted by Crippen LogP contribution is 2.26. The van der Waals surface area contributed by atoms with Crippen molar-refractivity contribution in [2.24, 2.45) is 5.92 Å². The van der Waals surface area contributed by atoms with Gasteiger partial charge < -0.3 is 5.32 Å². The summed E-state index contributed by atoms with van der Waals surface area (Å²) in [6.45, 7) is 11.8. The molecular formula is C14H25N3. The van der Waals surface area contributed by atoms with E-state index in [-0.39, 0.29) is 0 Å². The molecule has 1 aromatic heterocycles. The molecule has 0 bridgehead atoms. The van der Waals surface area contributed by atoms with Crippen molar-refractivity contribution in [2.45, 2.75) is 53.5 Å². The molecule has 3 heteroatoms. The van der Waals surface area contributed by atoms with E-state index < -0.39 is 0 Å². The Balaban J connectivity index is 3.11. The number of aromatic nitrogens is 2. The van der Waals surface area contributed by atoms with Gasteiger partial charge in [0.05, 0.1) is 11.4 Å². The van der Waals surface area contributed by atoms with E-state index in [2.05, 4.69) is 49.3 Å². The Hall–Kier alpha value is -0.960. The molecule has 1 N–H and O–H groups in total. The van der Waals surface area contributed by atoms with Crippen LogP contribution >= 0.6 is 0 Å². The van der Waals surface area contributed by atoms with E-state index in [9.17, 15) is 0 Å². The van der Waals surface area contributed by atoms with Crippen molar-refractivity contribution < 1.29 is 0 Å². The van der Waals surface area contributed by atoms with E-state index in [0.717, 1.165) is 24.4 Å². The van der Waals surface area contributed by atoms with Crippen LogP contribution in [0.2, 0.25) is 0 Å². The zero-order valence-electron chi connectivity index (χ0n) is 11.7. The van der Waals surface area contributed by atoms with E-state index in [1.165, 1.54) is 12.0 Å². The molecule has 0 fully saturated rings. The quantitative estimate of drug-likeness (QED) is 0.823. The minimum absolute atomic E-state index is 0.397. The average molecular weight is 235 g/mol. The molecule has 1 rings (SSSR count). The van der Waals surface area contributed by atoms with Gasteiger partial charge >= 0.3 is 0 Å². The highest BCUT2D eigenvalue weighted by atomic mass is 15.1. The third kappa shape index (κ3) is 3.50. The molecule has 0 spiro atoms. The molecule has 0 aliphatic heterocycles. The molecule has 1 heterocycles. The molecular weight excluding hydrogens is 210 g/mol.